The second kappa shape index (κ2) is 7.78. The van der Waals surface area contributed by atoms with Gasteiger partial charge in [0, 0.05) is 11.8 Å². The molecule has 0 saturated carbocycles. The molecule has 9 heteroatoms. The number of nitrogens with one attached hydrogen (secondary N) is 2. The number of nitrogens with zero attached hydrogens (tertiary/aromatic N) is 5. The summed E-state index contributed by atoms with van der Waals surface area (Å²) in [6.07, 6.45) is 4.50. The van der Waals surface area contributed by atoms with E-state index in [9.17, 15) is 9.18 Å². The maximum atomic E-state index is 13.7. The van der Waals surface area contributed by atoms with Crippen LogP contribution < -0.4 is 5.32 Å². The van der Waals surface area contributed by atoms with E-state index in [1.807, 2.05) is 18.2 Å². The van der Waals surface area contributed by atoms with Crippen molar-refractivity contribution in [2.75, 3.05) is 0 Å². The first-order valence-corrected chi connectivity index (χ1v) is 8.54. The van der Waals surface area contributed by atoms with Crippen LogP contribution in [-0.4, -0.2) is 35.6 Å². The lowest BCUT2D eigenvalue weighted by Crippen LogP contribution is -2.27. The van der Waals surface area contributed by atoms with Gasteiger partial charge in [-0.2, -0.15) is 5.10 Å². The minimum atomic E-state index is -0.352. The van der Waals surface area contributed by atoms with E-state index in [0.29, 0.717) is 28.5 Å². The van der Waals surface area contributed by atoms with Crippen molar-refractivity contribution in [1.82, 2.24) is 35.0 Å². The van der Waals surface area contributed by atoms with Crippen LogP contribution in [0, 0.1) is 5.82 Å². The van der Waals surface area contributed by atoms with E-state index in [2.05, 4.69) is 30.4 Å². The topological polar surface area (TPSA) is 101 Å². The van der Waals surface area contributed by atoms with Gasteiger partial charge in [0.15, 0.2) is 0 Å². The van der Waals surface area contributed by atoms with E-state index in [0.717, 1.165) is 0 Å². The number of imidazole rings is 1. The molecule has 0 atom stereocenters. The molecule has 0 radical (unpaired) electrons. The Labute approximate surface area is 159 Å². The van der Waals surface area contributed by atoms with E-state index in [1.165, 1.54) is 29.5 Å². The monoisotopic (exact) mass is 377 g/mol. The third-order valence-corrected chi connectivity index (χ3v) is 4.00. The molecule has 0 aliphatic heterocycles. The average Bonchev–Trinajstić information content (AvgIpc) is 3.37. The minimum absolute atomic E-state index is 0.0601. The summed E-state index contributed by atoms with van der Waals surface area (Å²) < 4.78 is 15.1. The number of aromatic nitrogens is 6. The Kier molecular flexibility index (Phi) is 4.87. The van der Waals surface area contributed by atoms with Gasteiger partial charge in [-0.1, -0.05) is 18.2 Å². The highest BCUT2D eigenvalue weighted by molar-refractivity contribution is 5.77. The number of benzene rings is 1. The van der Waals surface area contributed by atoms with Crippen molar-refractivity contribution < 1.29 is 9.18 Å². The molecular weight excluding hydrogens is 361 g/mol. The van der Waals surface area contributed by atoms with E-state index in [4.69, 9.17) is 0 Å². The van der Waals surface area contributed by atoms with Crippen LogP contribution in [0.1, 0.15) is 5.82 Å². The van der Waals surface area contributed by atoms with Crippen LogP contribution in [0.5, 0.6) is 0 Å². The molecule has 8 nitrogen and oxygen atoms in total. The molecule has 0 spiro atoms. The van der Waals surface area contributed by atoms with Crippen molar-refractivity contribution in [1.29, 1.82) is 0 Å². The van der Waals surface area contributed by atoms with Crippen LogP contribution in [0.2, 0.25) is 0 Å². The van der Waals surface area contributed by atoms with Gasteiger partial charge < -0.3 is 10.3 Å². The summed E-state index contributed by atoms with van der Waals surface area (Å²) in [4.78, 5) is 27.9. The van der Waals surface area contributed by atoms with Crippen LogP contribution in [-0.2, 0) is 17.9 Å². The smallest absolute Gasteiger partial charge is 0.242 e. The van der Waals surface area contributed by atoms with Crippen LogP contribution in [0.25, 0.3) is 22.6 Å². The lowest BCUT2D eigenvalue weighted by molar-refractivity contribution is -0.122. The van der Waals surface area contributed by atoms with Crippen molar-refractivity contribution in [3.05, 3.63) is 73.0 Å². The van der Waals surface area contributed by atoms with Gasteiger partial charge in [-0.05, 0) is 24.3 Å². The Morgan fingerprint density at radius 2 is 2.14 bits per heavy atom. The molecule has 1 amide bonds. The molecule has 4 rings (SSSR count). The third-order valence-electron chi connectivity index (χ3n) is 4.00. The highest BCUT2D eigenvalue weighted by Crippen LogP contribution is 2.29. The second-order valence-corrected chi connectivity index (χ2v) is 6.00. The number of hydrogen-bond acceptors (Lipinski definition) is 5. The molecule has 0 fully saturated rings. The minimum Gasteiger partial charge on any atom is -0.347 e. The number of halogens is 1. The zero-order chi connectivity index (χ0) is 19.3. The Hall–Kier alpha value is -3.88. The predicted molar refractivity (Wildman–Crippen MR) is 99.1 cm³/mol. The number of carbonyl (C=O) groups is 1. The van der Waals surface area contributed by atoms with Gasteiger partial charge in [0.1, 0.15) is 30.8 Å². The molecule has 0 bridgehead atoms. The van der Waals surface area contributed by atoms with Crippen LogP contribution in [0.15, 0.2) is 61.3 Å². The summed E-state index contributed by atoms with van der Waals surface area (Å²) in [6.45, 7) is 0.243. The first kappa shape index (κ1) is 17.5. The fourth-order valence-corrected chi connectivity index (χ4v) is 2.75. The zero-order valence-electron chi connectivity index (χ0n) is 14.7. The van der Waals surface area contributed by atoms with Crippen molar-refractivity contribution in [2.45, 2.75) is 13.1 Å². The first-order chi connectivity index (χ1) is 13.7. The molecule has 2 N–H and O–H groups in total. The Morgan fingerprint density at radius 1 is 1.21 bits per heavy atom. The van der Waals surface area contributed by atoms with Gasteiger partial charge in [0.2, 0.25) is 5.91 Å². The lowest BCUT2D eigenvalue weighted by atomic mass is 10.1. The second-order valence-electron chi connectivity index (χ2n) is 6.00. The molecule has 0 unspecified atom stereocenters. The van der Waals surface area contributed by atoms with Gasteiger partial charge in [0.25, 0.3) is 0 Å². The number of carbonyl (C=O) groups excluding carboxylic acids is 1. The summed E-state index contributed by atoms with van der Waals surface area (Å²) >= 11 is 0. The summed E-state index contributed by atoms with van der Waals surface area (Å²) in [6, 6.07) is 11.7. The van der Waals surface area contributed by atoms with E-state index < -0.39 is 0 Å². The maximum absolute atomic E-state index is 13.7. The number of amides is 1. The largest absolute Gasteiger partial charge is 0.347 e. The van der Waals surface area contributed by atoms with E-state index in [-0.39, 0.29) is 24.8 Å². The van der Waals surface area contributed by atoms with Gasteiger partial charge in [-0.3, -0.25) is 9.78 Å². The highest BCUT2D eigenvalue weighted by atomic mass is 19.1. The lowest BCUT2D eigenvalue weighted by Gasteiger charge is -2.02. The van der Waals surface area contributed by atoms with E-state index >= 15 is 0 Å². The molecule has 1 aromatic carbocycles. The number of pyridine rings is 1. The number of rotatable bonds is 6. The standard InChI is InChI=1S/C19H16FN7O/c20-14-5-3-4-13(8-14)18-19(15-6-1-2-7-22-15)26-16(25-18)9-23-17(28)10-27-12-21-11-24-27/h1-8,11-12H,9-10H2,(H,23,28)(H,25,26). The highest BCUT2D eigenvalue weighted by Gasteiger charge is 2.16. The fourth-order valence-electron chi connectivity index (χ4n) is 2.75. The quantitative estimate of drug-likeness (QED) is 0.536. The SMILES string of the molecule is O=C(Cn1cncn1)NCc1nc(-c2cccc(F)c2)c(-c2ccccn2)[nH]1. The Balaban J connectivity index is 1.59. The summed E-state index contributed by atoms with van der Waals surface area (Å²) in [5.74, 6) is -0.0457. The van der Waals surface area contributed by atoms with Crippen LogP contribution in [0.4, 0.5) is 4.39 Å². The van der Waals surface area contributed by atoms with Crippen LogP contribution >= 0.6 is 0 Å². The molecule has 0 aliphatic rings. The molecule has 4 aromatic rings. The van der Waals surface area contributed by atoms with Gasteiger partial charge in [0.05, 0.1) is 23.6 Å². The van der Waals surface area contributed by atoms with Gasteiger partial charge >= 0.3 is 0 Å². The molecule has 28 heavy (non-hydrogen) atoms. The Morgan fingerprint density at radius 3 is 2.89 bits per heavy atom. The number of hydrogen-bond donors (Lipinski definition) is 2. The number of aromatic amines is 1. The van der Waals surface area contributed by atoms with Gasteiger partial charge in [-0.25, -0.2) is 19.0 Å². The van der Waals surface area contributed by atoms with Gasteiger partial charge in [-0.15, -0.1) is 0 Å². The average molecular weight is 377 g/mol. The third kappa shape index (κ3) is 3.93. The Bertz CT molecular complexity index is 1080. The predicted octanol–water partition coefficient (Wildman–Crippen LogP) is 2.19. The summed E-state index contributed by atoms with van der Waals surface area (Å²) in [5.41, 5.74) is 2.52. The first-order valence-electron chi connectivity index (χ1n) is 8.54. The van der Waals surface area contributed by atoms with E-state index in [1.54, 1.807) is 18.3 Å². The normalized spacial score (nSPS) is 10.8. The van der Waals surface area contributed by atoms with Crippen molar-refractivity contribution in [3.63, 3.8) is 0 Å². The molecule has 0 aliphatic carbocycles. The maximum Gasteiger partial charge on any atom is 0.242 e. The molecule has 3 aromatic heterocycles. The van der Waals surface area contributed by atoms with Crippen molar-refractivity contribution in [2.24, 2.45) is 0 Å². The molecule has 140 valence electrons. The zero-order valence-corrected chi connectivity index (χ0v) is 14.7. The summed E-state index contributed by atoms with van der Waals surface area (Å²) in [7, 11) is 0. The number of H-pyrrole nitrogens is 1. The molecule has 0 saturated heterocycles. The molecular formula is C19H16FN7O. The summed E-state index contributed by atoms with van der Waals surface area (Å²) in [5, 5.41) is 6.67. The fraction of sp³-hybridized carbons (Fsp3) is 0.105. The van der Waals surface area contributed by atoms with Crippen molar-refractivity contribution in [3.8, 4) is 22.6 Å². The van der Waals surface area contributed by atoms with Crippen molar-refractivity contribution >= 4 is 5.91 Å². The molecule has 3 heterocycles. The van der Waals surface area contributed by atoms with Crippen LogP contribution in [0.3, 0.4) is 0 Å².